The molecule has 0 aliphatic carbocycles. The summed E-state index contributed by atoms with van der Waals surface area (Å²) in [6.45, 7) is 3.12. The van der Waals surface area contributed by atoms with Crippen molar-refractivity contribution in [3.05, 3.63) is 90.3 Å². The van der Waals surface area contributed by atoms with Crippen LogP contribution in [0.15, 0.2) is 79.1 Å². The normalized spacial score (nSPS) is 11.7. The summed E-state index contributed by atoms with van der Waals surface area (Å²) in [4.78, 5) is 12.5. The minimum Gasteiger partial charge on any atom is -0.494 e. The molecule has 0 aliphatic heterocycles. The molecule has 3 rings (SSSR count). The van der Waals surface area contributed by atoms with Crippen LogP contribution in [0.2, 0.25) is 0 Å². The first-order valence-electron chi connectivity index (χ1n) is 8.92. The zero-order valence-electron chi connectivity index (χ0n) is 15.0. The van der Waals surface area contributed by atoms with Gasteiger partial charge in [0, 0.05) is 18.9 Å². The molecule has 2 aromatic carbocycles. The van der Waals surface area contributed by atoms with Gasteiger partial charge in [0.2, 0.25) is 5.91 Å². The van der Waals surface area contributed by atoms with Crippen molar-refractivity contribution in [2.45, 2.75) is 25.9 Å². The van der Waals surface area contributed by atoms with Gasteiger partial charge in [0.15, 0.2) is 0 Å². The second-order valence-corrected chi connectivity index (χ2v) is 6.11. The van der Waals surface area contributed by atoms with Gasteiger partial charge in [-0.15, -0.1) is 0 Å². The third-order valence-electron chi connectivity index (χ3n) is 4.27. The van der Waals surface area contributed by atoms with Crippen LogP contribution in [0, 0.1) is 0 Å². The van der Waals surface area contributed by atoms with Gasteiger partial charge in [0.1, 0.15) is 5.75 Å². The maximum Gasteiger partial charge on any atom is 0.222 e. The molecule has 1 unspecified atom stereocenters. The average molecular weight is 348 g/mol. The fourth-order valence-electron chi connectivity index (χ4n) is 2.94. The first kappa shape index (κ1) is 17.8. The highest BCUT2D eigenvalue weighted by Gasteiger charge is 2.16. The van der Waals surface area contributed by atoms with Crippen molar-refractivity contribution in [2.75, 3.05) is 6.61 Å². The van der Waals surface area contributed by atoms with E-state index < -0.39 is 0 Å². The van der Waals surface area contributed by atoms with E-state index >= 15 is 0 Å². The smallest absolute Gasteiger partial charge is 0.222 e. The van der Waals surface area contributed by atoms with Gasteiger partial charge >= 0.3 is 0 Å². The second-order valence-electron chi connectivity index (χ2n) is 6.11. The Balaban J connectivity index is 1.61. The summed E-state index contributed by atoms with van der Waals surface area (Å²) in [5.41, 5.74) is 2.18. The summed E-state index contributed by atoms with van der Waals surface area (Å²) in [5, 5.41) is 3.02. The van der Waals surface area contributed by atoms with Crippen molar-refractivity contribution in [1.82, 2.24) is 9.88 Å². The van der Waals surface area contributed by atoms with Gasteiger partial charge in [0.05, 0.1) is 19.1 Å². The fourth-order valence-corrected chi connectivity index (χ4v) is 2.94. The molecule has 1 N–H and O–H groups in total. The topological polar surface area (TPSA) is 43.3 Å². The van der Waals surface area contributed by atoms with Crippen molar-refractivity contribution in [2.24, 2.45) is 0 Å². The van der Waals surface area contributed by atoms with Gasteiger partial charge in [-0.05, 0) is 42.3 Å². The molecule has 0 radical (unpaired) electrons. The predicted octanol–water partition coefficient (Wildman–Crippen LogP) is 4.18. The summed E-state index contributed by atoms with van der Waals surface area (Å²) < 4.78 is 7.51. The Morgan fingerprint density at radius 1 is 1.00 bits per heavy atom. The zero-order valence-corrected chi connectivity index (χ0v) is 15.0. The molecule has 1 heterocycles. The monoisotopic (exact) mass is 348 g/mol. The van der Waals surface area contributed by atoms with Gasteiger partial charge in [-0.3, -0.25) is 4.79 Å². The largest absolute Gasteiger partial charge is 0.494 e. The molecule has 1 amide bonds. The van der Waals surface area contributed by atoms with E-state index in [0.29, 0.717) is 19.6 Å². The quantitative estimate of drug-likeness (QED) is 0.663. The van der Waals surface area contributed by atoms with Crippen LogP contribution >= 0.6 is 0 Å². The van der Waals surface area contributed by atoms with E-state index in [1.54, 1.807) is 0 Å². The van der Waals surface area contributed by atoms with Crippen molar-refractivity contribution >= 4 is 5.91 Å². The number of hydrogen-bond donors (Lipinski definition) is 1. The molecule has 26 heavy (non-hydrogen) atoms. The Hall–Kier alpha value is -3.01. The average Bonchev–Trinajstić information content (AvgIpc) is 3.21. The summed E-state index contributed by atoms with van der Waals surface area (Å²) >= 11 is 0. The second kappa shape index (κ2) is 8.90. The van der Waals surface area contributed by atoms with Gasteiger partial charge in [-0.2, -0.15) is 0 Å². The molecule has 0 saturated carbocycles. The van der Waals surface area contributed by atoms with Crippen LogP contribution < -0.4 is 10.1 Å². The number of carbonyl (C=O) groups excluding carboxylic acids is 1. The minimum atomic E-state index is -0.00784. The highest BCUT2D eigenvalue weighted by atomic mass is 16.5. The van der Waals surface area contributed by atoms with E-state index in [0.717, 1.165) is 16.9 Å². The number of ether oxygens (including phenoxy) is 1. The summed E-state index contributed by atoms with van der Waals surface area (Å²) in [6, 6.07) is 21.9. The zero-order chi connectivity index (χ0) is 18.2. The van der Waals surface area contributed by atoms with Crippen LogP contribution in [0.25, 0.3) is 0 Å². The van der Waals surface area contributed by atoms with E-state index in [-0.39, 0.29) is 11.9 Å². The molecule has 1 aromatic heterocycles. The number of amides is 1. The Kier molecular flexibility index (Phi) is 6.09. The number of aromatic nitrogens is 1. The predicted molar refractivity (Wildman–Crippen MR) is 103 cm³/mol. The molecule has 3 aromatic rings. The van der Waals surface area contributed by atoms with Crippen LogP contribution in [0.4, 0.5) is 0 Å². The molecule has 0 bridgehead atoms. The Labute approximate surface area is 154 Å². The third kappa shape index (κ3) is 4.76. The Bertz CT molecular complexity index is 796. The first-order valence-corrected chi connectivity index (χ1v) is 8.92. The standard InChI is InChI=1S/C22H24N2O2/c1-2-26-20-12-10-18(11-13-20)17-23-22(25)16-21(24-14-6-7-15-24)19-8-4-3-5-9-19/h3-15,21H,2,16-17H2,1H3,(H,23,25). The number of benzene rings is 2. The summed E-state index contributed by atoms with van der Waals surface area (Å²) in [7, 11) is 0. The van der Waals surface area contributed by atoms with E-state index in [2.05, 4.69) is 22.0 Å². The third-order valence-corrected chi connectivity index (χ3v) is 4.27. The highest BCUT2D eigenvalue weighted by Crippen LogP contribution is 2.22. The Morgan fingerprint density at radius 3 is 2.35 bits per heavy atom. The van der Waals surface area contributed by atoms with E-state index in [9.17, 15) is 4.79 Å². The van der Waals surface area contributed by atoms with Crippen molar-refractivity contribution in [3.63, 3.8) is 0 Å². The van der Waals surface area contributed by atoms with E-state index in [1.165, 1.54) is 0 Å². The van der Waals surface area contributed by atoms with Crippen LogP contribution in [-0.2, 0) is 11.3 Å². The first-order chi connectivity index (χ1) is 12.8. The molecule has 4 nitrogen and oxygen atoms in total. The van der Waals surface area contributed by atoms with Gasteiger partial charge < -0.3 is 14.6 Å². The number of carbonyl (C=O) groups is 1. The Morgan fingerprint density at radius 2 is 1.69 bits per heavy atom. The lowest BCUT2D eigenvalue weighted by molar-refractivity contribution is -0.121. The van der Waals surface area contributed by atoms with Crippen LogP contribution in [-0.4, -0.2) is 17.1 Å². The lowest BCUT2D eigenvalue weighted by Crippen LogP contribution is -2.26. The molecular weight excluding hydrogens is 324 g/mol. The van der Waals surface area contributed by atoms with Crippen LogP contribution in [0.3, 0.4) is 0 Å². The lowest BCUT2D eigenvalue weighted by Gasteiger charge is -2.19. The molecule has 0 fully saturated rings. The maximum atomic E-state index is 12.5. The van der Waals surface area contributed by atoms with Gasteiger partial charge in [0.25, 0.3) is 0 Å². The van der Waals surface area contributed by atoms with Gasteiger partial charge in [-0.1, -0.05) is 42.5 Å². The molecule has 0 saturated heterocycles. The van der Waals surface area contributed by atoms with Crippen molar-refractivity contribution in [1.29, 1.82) is 0 Å². The SMILES string of the molecule is CCOc1ccc(CNC(=O)CC(c2ccccc2)n2cccc2)cc1. The highest BCUT2D eigenvalue weighted by molar-refractivity contribution is 5.76. The maximum absolute atomic E-state index is 12.5. The minimum absolute atomic E-state index is 0.00784. The van der Waals surface area contributed by atoms with Crippen LogP contribution in [0.1, 0.15) is 30.5 Å². The molecule has 1 atom stereocenters. The molecular formula is C22H24N2O2. The molecule has 0 aliphatic rings. The molecule has 4 heteroatoms. The van der Waals surface area contributed by atoms with Crippen LogP contribution in [0.5, 0.6) is 5.75 Å². The van der Waals surface area contributed by atoms with Crippen molar-refractivity contribution in [3.8, 4) is 5.75 Å². The van der Waals surface area contributed by atoms with E-state index in [4.69, 9.17) is 4.74 Å². The molecule has 0 spiro atoms. The fraction of sp³-hybridized carbons (Fsp3) is 0.227. The number of nitrogens with zero attached hydrogens (tertiary/aromatic N) is 1. The number of hydrogen-bond acceptors (Lipinski definition) is 2. The van der Waals surface area contributed by atoms with E-state index in [1.807, 2.05) is 73.9 Å². The van der Waals surface area contributed by atoms with Crippen molar-refractivity contribution < 1.29 is 9.53 Å². The molecule has 134 valence electrons. The summed E-state index contributed by atoms with van der Waals surface area (Å²) in [5.74, 6) is 0.876. The van der Waals surface area contributed by atoms with Gasteiger partial charge in [-0.25, -0.2) is 0 Å². The number of rotatable bonds is 8. The number of nitrogens with one attached hydrogen (secondary N) is 1. The lowest BCUT2D eigenvalue weighted by atomic mass is 10.0. The summed E-state index contributed by atoms with van der Waals surface area (Å²) in [6.07, 6.45) is 4.39.